The fraction of sp³-hybridized carbons (Fsp3) is 0.250. The summed E-state index contributed by atoms with van der Waals surface area (Å²) in [4.78, 5) is 4.11. The van der Waals surface area contributed by atoms with Crippen molar-refractivity contribution in [3.63, 3.8) is 0 Å². The molecule has 106 valence electrons. The third-order valence-corrected chi connectivity index (χ3v) is 5.68. The van der Waals surface area contributed by atoms with E-state index in [-0.39, 0.29) is 10.4 Å². The first-order valence-corrected chi connectivity index (χ1v) is 8.41. The number of nitrogens with two attached hydrogens (primary N) is 1. The van der Waals surface area contributed by atoms with Gasteiger partial charge < -0.3 is 5.73 Å². The summed E-state index contributed by atoms with van der Waals surface area (Å²) in [6.07, 6.45) is 1.36. The Bertz CT molecular complexity index is 754. The van der Waals surface area contributed by atoms with E-state index in [1.807, 2.05) is 0 Å². The van der Waals surface area contributed by atoms with Crippen molar-refractivity contribution in [2.24, 2.45) is 0 Å². The van der Waals surface area contributed by atoms with Crippen LogP contribution in [-0.4, -0.2) is 18.7 Å². The van der Waals surface area contributed by atoms with Crippen molar-refractivity contribution >= 4 is 32.2 Å². The quantitative estimate of drug-likeness (QED) is 0.849. The molecule has 0 atom stereocenters. The maximum absolute atomic E-state index is 13.8. The summed E-state index contributed by atoms with van der Waals surface area (Å²) in [6, 6.07) is 4.31. The third-order valence-electron chi connectivity index (χ3n) is 2.97. The average Bonchev–Trinajstić information content (AvgIpc) is 3.13. The number of hydrogen-bond donors (Lipinski definition) is 2. The molecule has 0 spiro atoms. The Morgan fingerprint density at radius 1 is 1.40 bits per heavy atom. The molecule has 3 rings (SSSR count). The van der Waals surface area contributed by atoms with Gasteiger partial charge in [-0.25, -0.2) is 17.8 Å². The molecular formula is C12H12FN3O2S2. The lowest BCUT2D eigenvalue weighted by atomic mass is 10.1. The molecule has 1 aliphatic carbocycles. The number of nitrogen functional groups attached to an aromatic ring is 1. The molecular weight excluding hydrogens is 301 g/mol. The highest BCUT2D eigenvalue weighted by atomic mass is 32.2. The number of sulfonamides is 1. The Balaban J connectivity index is 1.86. The van der Waals surface area contributed by atoms with E-state index in [1.54, 1.807) is 11.4 Å². The topological polar surface area (TPSA) is 85.1 Å². The van der Waals surface area contributed by atoms with Crippen LogP contribution < -0.4 is 10.5 Å². The van der Waals surface area contributed by atoms with Gasteiger partial charge in [0.2, 0.25) is 10.0 Å². The van der Waals surface area contributed by atoms with Gasteiger partial charge in [-0.3, -0.25) is 4.72 Å². The summed E-state index contributed by atoms with van der Waals surface area (Å²) in [5.41, 5.74) is 6.50. The van der Waals surface area contributed by atoms with Crippen LogP contribution in [0.3, 0.4) is 0 Å². The second-order valence-electron chi connectivity index (χ2n) is 4.62. The fourth-order valence-corrected chi connectivity index (χ4v) is 4.07. The molecule has 0 saturated heterocycles. The minimum absolute atomic E-state index is 0.253. The molecule has 1 aromatic carbocycles. The van der Waals surface area contributed by atoms with Gasteiger partial charge in [-0.05, 0) is 31.0 Å². The van der Waals surface area contributed by atoms with Gasteiger partial charge in [0.15, 0.2) is 5.13 Å². The lowest BCUT2D eigenvalue weighted by Gasteiger charge is -2.02. The number of nitrogens with one attached hydrogen (secondary N) is 1. The van der Waals surface area contributed by atoms with E-state index >= 15 is 0 Å². The predicted octanol–water partition coefficient (Wildman–Crippen LogP) is 2.44. The van der Waals surface area contributed by atoms with E-state index in [0.29, 0.717) is 29.8 Å². The second-order valence-corrected chi connectivity index (χ2v) is 7.44. The molecule has 3 N–H and O–H groups in total. The number of benzene rings is 1. The molecule has 0 radical (unpaired) electrons. The molecule has 0 aliphatic heterocycles. The molecule has 8 heteroatoms. The molecule has 1 aromatic heterocycles. The molecule has 0 bridgehead atoms. The van der Waals surface area contributed by atoms with Crippen LogP contribution in [0.2, 0.25) is 0 Å². The lowest BCUT2D eigenvalue weighted by molar-refractivity contribution is 0.600. The second kappa shape index (κ2) is 4.71. The van der Waals surface area contributed by atoms with Crippen LogP contribution in [0.1, 0.15) is 12.8 Å². The number of aromatic nitrogens is 1. The first-order valence-electron chi connectivity index (χ1n) is 5.98. The molecule has 0 amide bonds. The monoisotopic (exact) mass is 313 g/mol. The van der Waals surface area contributed by atoms with E-state index in [0.717, 1.165) is 11.3 Å². The molecule has 1 aliphatic rings. The highest BCUT2D eigenvalue weighted by molar-refractivity contribution is 7.93. The Labute approximate surface area is 119 Å². The first kappa shape index (κ1) is 13.3. The van der Waals surface area contributed by atoms with Crippen LogP contribution in [0.25, 0.3) is 11.3 Å². The summed E-state index contributed by atoms with van der Waals surface area (Å²) >= 11 is 1.13. The fourth-order valence-electron chi connectivity index (χ4n) is 1.77. The van der Waals surface area contributed by atoms with Gasteiger partial charge in [0.1, 0.15) is 5.82 Å². The van der Waals surface area contributed by atoms with Crippen molar-refractivity contribution in [2.45, 2.75) is 18.1 Å². The number of anilines is 2. The normalized spacial score (nSPS) is 15.2. The summed E-state index contributed by atoms with van der Waals surface area (Å²) in [5.74, 6) is -0.480. The van der Waals surface area contributed by atoms with Gasteiger partial charge in [0.05, 0.1) is 10.9 Å². The van der Waals surface area contributed by atoms with E-state index in [9.17, 15) is 12.8 Å². The van der Waals surface area contributed by atoms with Crippen LogP contribution in [0.15, 0.2) is 23.6 Å². The van der Waals surface area contributed by atoms with E-state index in [1.165, 1.54) is 12.1 Å². The Morgan fingerprint density at radius 2 is 2.15 bits per heavy atom. The van der Waals surface area contributed by atoms with Crippen LogP contribution in [0.4, 0.5) is 15.2 Å². The summed E-state index contributed by atoms with van der Waals surface area (Å²) in [6.45, 7) is 0. The van der Waals surface area contributed by atoms with Gasteiger partial charge in [0.25, 0.3) is 0 Å². The number of hydrogen-bond acceptors (Lipinski definition) is 5. The lowest BCUT2D eigenvalue weighted by Crippen LogP contribution is -2.17. The van der Waals surface area contributed by atoms with Gasteiger partial charge in [-0.15, -0.1) is 11.3 Å². The molecule has 5 nitrogen and oxygen atoms in total. The highest BCUT2D eigenvalue weighted by Crippen LogP contribution is 2.32. The Hall–Kier alpha value is -1.67. The number of thiazole rings is 1. The molecule has 1 saturated carbocycles. The highest BCUT2D eigenvalue weighted by Gasteiger charge is 2.36. The third kappa shape index (κ3) is 2.61. The minimum atomic E-state index is -3.34. The van der Waals surface area contributed by atoms with Crippen LogP contribution in [0.5, 0.6) is 0 Å². The molecule has 1 fully saturated rings. The molecule has 1 heterocycles. The number of nitrogens with zero attached hydrogens (tertiary/aromatic N) is 1. The van der Waals surface area contributed by atoms with E-state index in [4.69, 9.17) is 5.73 Å². The smallest absolute Gasteiger partial charge is 0.237 e. The predicted molar refractivity (Wildman–Crippen MR) is 77.5 cm³/mol. The number of halogens is 1. The van der Waals surface area contributed by atoms with Gasteiger partial charge in [-0.1, -0.05) is 0 Å². The van der Waals surface area contributed by atoms with Gasteiger partial charge in [0, 0.05) is 16.6 Å². The SMILES string of the molecule is Nc1ccc(-c2csc(NS(=O)(=O)C3CC3)n2)c(F)c1. The van der Waals surface area contributed by atoms with Crippen molar-refractivity contribution in [3.05, 3.63) is 29.4 Å². The largest absolute Gasteiger partial charge is 0.399 e. The van der Waals surface area contributed by atoms with Gasteiger partial charge in [-0.2, -0.15) is 0 Å². The maximum atomic E-state index is 13.8. The zero-order valence-electron chi connectivity index (χ0n) is 10.3. The first-order chi connectivity index (χ1) is 9.45. The van der Waals surface area contributed by atoms with Crippen molar-refractivity contribution in [3.8, 4) is 11.3 Å². The van der Waals surface area contributed by atoms with Gasteiger partial charge >= 0.3 is 0 Å². The molecule has 0 unspecified atom stereocenters. The van der Waals surface area contributed by atoms with E-state index < -0.39 is 15.8 Å². The average molecular weight is 313 g/mol. The van der Waals surface area contributed by atoms with Crippen molar-refractivity contribution in [1.82, 2.24) is 4.98 Å². The Kier molecular flexibility index (Phi) is 3.14. The molecule has 2 aromatic rings. The minimum Gasteiger partial charge on any atom is -0.399 e. The van der Waals surface area contributed by atoms with Crippen molar-refractivity contribution in [2.75, 3.05) is 10.5 Å². The zero-order valence-corrected chi connectivity index (χ0v) is 12.0. The number of rotatable bonds is 4. The van der Waals surface area contributed by atoms with Crippen molar-refractivity contribution < 1.29 is 12.8 Å². The van der Waals surface area contributed by atoms with Crippen molar-refractivity contribution in [1.29, 1.82) is 0 Å². The summed E-state index contributed by atoms with van der Waals surface area (Å²) < 4.78 is 39.8. The van der Waals surface area contributed by atoms with Crippen LogP contribution in [-0.2, 0) is 10.0 Å². The summed E-state index contributed by atoms with van der Waals surface area (Å²) in [7, 11) is -3.34. The van der Waals surface area contributed by atoms with Crippen LogP contribution >= 0.6 is 11.3 Å². The maximum Gasteiger partial charge on any atom is 0.237 e. The standard InChI is InChI=1S/C12H12FN3O2S2/c13-10-5-7(14)1-4-9(10)11-6-19-12(15-11)16-20(17,18)8-2-3-8/h1,4-6,8H,2-3,14H2,(H,15,16). The molecule has 20 heavy (non-hydrogen) atoms. The van der Waals surface area contributed by atoms with Crippen LogP contribution in [0, 0.1) is 5.82 Å². The Morgan fingerprint density at radius 3 is 2.80 bits per heavy atom. The van der Waals surface area contributed by atoms with E-state index in [2.05, 4.69) is 9.71 Å². The summed E-state index contributed by atoms with van der Waals surface area (Å²) in [5, 5.41) is 1.55. The zero-order chi connectivity index (χ0) is 14.3.